The van der Waals surface area contributed by atoms with Crippen LogP contribution in [-0.2, 0) is 21.2 Å². The minimum Gasteiger partial charge on any atom is -0.481 e. The van der Waals surface area contributed by atoms with E-state index in [4.69, 9.17) is 5.11 Å². The van der Waals surface area contributed by atoms with Crippen molar-refractivity contribution in [2.24, 2.45) is 0 Å². The zero-order valence-electron chi connectivity index (χ0n) is 9.27. The molecule has 0 aliphatic carbocycles. The number of alkyl halides is 3. The van der Waals surface area contributed by atoms with Crippen LogP contribution in [0.1, 0.15) is 18.5 Å². The number of nitrogens with zero attached hydrogens (tertiary/aromatic N) is 1. The van der Waals surface area contributed by atoms with E-state index in [0.29, 0.717) is 17.0 Å². The molecule has 19 heavy (non-hydrogen) atoms. The number of aromatic nitrogens is 1. The quantitative estimate of drug-likeness (QED) is 0.834. The minimum atomic E-state index is -5.47. The van der Waals surface area contributed by atoms with Gasteiger partial charge < -0.3 is 5.11 Å². The van der Waals surface area contributed by atoms with Gasteiger partial charge in [-0.1, -0.05) is 0 Å². The van der Waals surface area contributed by atoms with E-state index in [1.165, 1.54) is 10.1 Å². The molecule has 0 saturated heterocycles. The second-order valence-corrected chi connectivity index (χ2v) is 5.97. The SMILES string of the molecule is O=C(O)CCCc1csc(NS(=O)(=O)C(F)(F)F)n1. The number of carboxylic acids is 1. The first-order chi connectivity index (χ1) is 8.62. The number of rotatable bonds is 6. The van der Waals surface area contributed by atoms with Crippen LogP contribution in [-0.4, -0.2) is 30.0 Å². The van der Waals surface area contributed by atoms with Gasteiger partial charge in [0.2, 0.25) is 0 Å². The normalized spacial score (nSPS) is 12.4. The van der Waals surface area contributed by atoms with Crippen molar-refractivity contribution >= 4 is 32.5 Å². The monoisotopic (exact) mass is 318 g/mol. The van der Waals surface area contributed by atoms with Gasteiger partial charge in [0, 0.05) is 11.8 Å². The highest BCUT2D eigenvalue weighted by atomic mass is 32.2. The average Bonchev–Trinajstić information content (AvgIpc) is 2.62. The van der Waals surface area contributed by atoms with Crippen LogP contribution in [0.4, 0.5) is 18.3 Å². The van der Waals surface area contributed by atoms with E-state index in [1.807, 2.05) is 0 Å². The van der Waals surface area contributed by atoms with Gasteiger partial charge in [0.15, 0.2) is 5.13 Å². The summed E-state index contributed by atoms with van der Waals surface area (Å²) in [6, 6.07) is 0. The van der Waals surface area contributed by atoms with Gasteiger partial charge >= 0.3 is 21.5 Å². The molecule has 1 aromatic rings. The Labute approximate surface area is 110 Å². The number of aliphatic carboxylic acids is 1. The Morgan fingerprint density at radius 3 is 2.63 bits per heavy atom. The molecule has 0 aromatic carbocycles. The number of carboxylic acid groups (broad SMARTS) is 1. The van der Waals surface area contributed by atoms with Crippen LogP contribution in [0, 0.1) is 0 Å². The molecule has 2 N–H and O–H groups in total. The predicted octanol–water partition coefficient (Wildman–Crippen LogP) is 1.81. The number of anilines is 1. The second-order valence-electron chi connectivity index (χ2n) is 3.44. The molecule has 0 unspecified atom stereocenters. The maximum absolute atomic E-state index is 12.1. The third kappa shape index (κ3) is 4.67. The van der Waals surface area contributed by atoms with E-state index in [-0.39, 0.29) is 19.3 Å². The molecule has 0 fully saturated rings. The van der Waals surface area contributed by atoms with E-state index in [2.05, 4.69) is 4.98 Å². The summed E-state index contributed by atoms with van der Waals surface area (Å²) in [4.78, 5) is 13.9. The van der Waals surface area contributed by atoms with Crippen molar-refractivity contribution in [2.45, 2.75) is 24.8 Å². The molecule has 0 aliphatic heterocycles. The molecule has 1 rings (SSSR count). The van der Waals surface area contributed by atoms with Gasteiger partial charge in [-0.2, -0.15) is 21.6 Å². The first-order valence-electron chi connectivity index (χ1n) is 4.87. The number of halogens is 3. The highest BCUT2D eigenvalue weighted by Crippen LogP contribution is 2.27. The number of sulfonamides is 1. The standard InChI is InChI=1S/C8H9F3N2O4S2/c9-8(10,11)19(16,17)13-7-12-5(4-18-7)2-1-3-6(14)15/h4H,1-3H2,(H,12,13)(H,14,15). The number of hydrogen-bond donors (Lipinski definition) is 2. The highest BCUT2D eigenvalue weighted by Gasteiger charge is 2.46. The predicted molar refractivity (Wildman–Crippen MR) is 61.3 cm³/mol. The summed E-state index contributed by atoms with van der Waals surface area (Å²) in [6.07, 6.45) is 0.419. The van der Waals surface area contributed by atoms with Gasteiger partial charge in [-0.25, -0.2) is 4.98 Å². The van der Waals surface area contributed by atoms with Crippen LogP contribution in [0.25, 0.3) is 0 Å². The summed E-state index contributed by atoms with van der Waals surface area (Å²) in [5, 5.41) is 9.38. The summed E-state index contributed by atoms with van der Waals surface area (Å²) in [7, 11) is -5.47. The zero-order valence-corrected chi connectivity index (χ0v) is 10.9. The fourth-order valence-electron chi connectivity index (χ4n) is 1.06. The van der Waals surface area contributed by atoms with E-state index in [0.717, 1.165) is 0 Å². The van der Waals surface area contributed by atoms with Crippen molar-refractivity contribution in [3.05, 3.63) is 11.1 Å². The molecular formula is C8H9F3N2O4S2. The first kappa shape index (κ1) is 15.7. The molecule has 0 aliphatic rings. The second kappa shape index (κ2) is 5.74. The Morgan fingerprint density at radius 1 is 1.47 bits per heavy atom. The maximum Gasteiger partial charge on any atom is 0.516 e. The van der Waals surface area contributed by atoms with Crippen molar-refractivity contribution in [2.75, 3.05) is 4.72 Å². The number of thiazole rings is 1. The Morgan fingerprint density at radius 2 is 2.11 bits per heavy atom. The van der Waals surface area contributed by atoms with Crippen LogP contribution >= 0.6 is 11.3 Å². The Kier molecular flexibility index (Phi) is 4.74. The molecule has 0 bridgehead atoms. The highest BCUT2D eigenvalue weighted by molar-refractivity contribution is 7.93. The van der Waals surface area contributed by atoms with Crippen LogP contribution in [0.3, 0.4) is 0 Å². The van der Waals surface area contributed by atoms with Gasteiger partial charge in [0.05, 0.1) is 5.69 Å². The van der Waals surface area contributed by atoms with Crippen LogP contribution < -0.4 is 4.72 Å². The Balaban J connectivity index is 2.63. The van der Waals surface area contributed by atoms with Gasteiger partial charge in [0.1, 0.15) is 0 Å². The summed E-state index contributed by atoms with van der Waals surface area (Å²) >= 11 is 0.703. The topological polar surface area (TPSA) is 96.4 Å². The van der Waals surface area contributed by atoms with Gasteiger partial charge in [0.25, 0.3) is 0 Å². The Bertz CT molecular complexity index is 553. The lowest BCUT2D eigenvalue weighted by Gasteiger charge is -2.07. The van der Waals surface area contributed by atoms with Crippen molar-refractivity contribution in [1.82, 2.24) is 4.98 Å². The number of hydrogen-bond acceptors (Lipinski definition) is 5. The number of aryl methyl sites for hydroxylation is 1. The molecular weight excluding hydrogens is 309 g/mol. The molecule has 0 radical (unpaired) electrons. The average molecular weight is 318 g/mol. The molecule has 108 valence electrons. The first-order valence-corrected chi connectivity index (χ1v) is 7.23. The third-order valence-electron chi connectivity index (χ3n) is 1.90. The van der Waals surface area contributed by atoms with Crippen molar-refractivity contribution in [3.8, 4) is 0 Å². The van der Waals surface area contributed by atoms with E-state index >= 15 is 0 Å². The zero-order chi connectivity index (χ0) is 14.7. The molecule has 0 atom stereocenters. The minimum absolute atomic E-state index is 0.0961. The largest absolute Gasteiger partial charge is 0.516 e. The van der Waals surface area contributed by atoms with Crippen LogP contribution in [0.2, 0.25) is 0 Å². The van der Waals surface area contributed by atoms with Crippen molar-refractivity contribution in [1.29, 1.82) is 0 Å². The molecule has 0 amide bonds. The van der Waals surface area contributed by atoms with Gasteiger partial charge in [-0.05, 0) is 12.8 Å². The van der Waals surface area contributed by atoms with E-state index in [1.54, 1.807) is 0 Å². The molecule has 0 spiro atoms. The summed E-state index contributed by atoms with van der Waals surface area (Å²) in [5.74, 6) is -0.992. The fourth-order valence-corrected chi connectivity index (χ4v) is 2.56. The van der Waals surface area contributed by atoms with Crippen molar-refractivity contribution < 1.29 is 31.5 Å². The van der Waals surface area contributed by atoms with Crippen molar-refractivity contribution in [3.63, 3.8) is 0 Å². The molecule has 0 saturated carbocycles. The molecule has 11 heteroatoms. The fraction of sp³-hybridized carbons (Fsp3) is 0.500. The lowest BCUT2D eigenvalue weighted by atomic mass is 10.2. The molecule has 6 nitrogen and oxygen atoms in total. The van der Waals surface area contributed by atoms with Crippen LogP contribution in [0.5, 0.6) is 0 Å². The summed E-state index contributed by atoms with van der Waals surface area (Å²) in [5.41, 5.74) is -5.06. The third-order valence-corrected chi connectivity index (χ3v) is 3.91. The van der Waals surface area contributed by atoms with Crippen LogP contribution in [0.15, 0.2) is 5.38 Å². The molecule has 1 aromatic heterocycles. The number of nitrogens with one attached hydrogen (secondary N) is 1. The van der Waals surface area contributed by atoms with Gasteiger partial charge in [-0.15, -0.1) is 11.3 Å². The van der Waals surface area contributed by atoms with E-state index in [9.17, 15) is 26.4 Å². The lowest BCUT2D eigenvalue weighted by molar-refractivity contribution is -0.137. The Hall–Kier alpha value is -1.36. The summed E-state index contributed by atoms with van der Waals surface area (Å²) in [6.45, 7) is 0. The maximum atomic E-state index is 12.1. The van der Waals surface area contributed by atoms with E-state index < -0.39 is 26.6 Å². The van der Waals surface area contributed by atoms with Gasteiger partial charge in [-0.3, -0.25) is 9.52 Å². The number of carbonyl (C=O) groups is 1. The smallest absolute Gasteiger partial charge is 0.481 e. The molecule has 1 heterocycles. The summed E-state index contributed by atoms with van der Waals surface area (Å²) < 4.78 is 59.1. The lowest BCUT2D eigenvalue weighted by Crippen LogP contribution is -2.29.